The number of nitrogens with zero attached hydrogens (tertiary/aromatic N) is 3. The number of aliphatic imine (C=N–C) groups is 1. The van der Waals surface area contributed by atoms with Crippen LogP contribution in [0.3, 0.4) is 0 Å². The number of halogens is 1. The molecule has 0 radical (unpaired) electrons. The Kier molecular flexibility index (Phi) is 5.11. The largest absolute Gasteiger partial charge is 0.346 e. The maximum Gasteiger partial charge on any atom is 0.262 e. The highest BCUT2D eigenvalue weighted by Gasteiger charge is 2.48. The number of amides is 1. The summed E-state index contributed by atoms with van der Waals surface area (Å²) in [5.41, 5.74) is 0.915. The predicted molar refractivity (Wildman–Crippen MR) is 93.3 cm³/mol. The molecule has 25 heavy (non-hydrogen) atoms. The van der Waals surface area contributed by atoms with Crippen LogP contribution in [-0.2, 0) is 21.1 Å². The molecular weight excluding hydrogens is 365 g/mol. The molecule has 1 amide bonds. The average Bonchev–Trinajstić information content (AvgIpc) is 2.98. The summed E-state index contributed by atoms with van der Waals surface area (Å²) in [6, 6.07) is 7.66. The zero-order valence-corrected chi connectivity index (χ0v) is 14.9. The Morgan fingerprint density at radius 2 is 2.08 bits per heavy atom. The molecule has 2 aliphatic rings. The second-order valence-corrected chi connectivity index (χ2v) is 9.35. The van der Waals surface area contributed by atoms with Crippen LogP contribution in [0.1, 0.15) is 12.0 Å². The number of thioether (sulfide) groups is 1. The molecule has 0 unspecified atom stereocenters. The molecule has 6 nitrogen and oxygen atoms in total. The molecule has 0 saturated carbocycles. The molecule has 3 rings (SSSR count). The summed E-state index contributed by atoms with van der Waals surface area (Å²) in [4.78, 5) is 17.5. The van der Waals surface area contributed by atoms with E-state index in [4.69, 9.17) is 5.26 Å². The van der Waals surface area contributed by atoms with Gasteiger partial charge in [0.05, 0.1) is 23.6 Å². The van der Waals surface area contributed by atoms with Crippen molar-refractivity contribution in [1.29, 1.82) is 5.26 Å². The SMILES string of the molecule is N#CCC(=O)N=C1S[C@H]2CS(=O)(=O)C[C@H]2N1CCc1ccc(F)cc1. The summed E-state index contributed by atoms with van der Waals surface area (Å²) in [7, 11) is -3.09. The summed E-state index contributed by atoms with van der Waals surface area (Å²) >= 11 is 1.29. The van der Waals surface area contributed by atoms with Crippen LogP contribution in [0.15, 0.2) is 29.3 Å². The van der Waals surface area contributed by atoms with Gasteiger partial charge in [-0.3, -0.25) is 4.79 Å². The van der Waals surface area contributed by atoms with Gasteiger partial charge < -0.3 is 4.90 Å². The first kappa shape index (κ1) is 17.9. The third kappa shape index (κ3) is 4.19. The topological polar surface area (TPSA) is 90.6 Å². The first-order valence-electron chi connectivity index (χ1n) is 7.74. The molecule has 2 saturated heterocycles. The van der Waals surface area contributed by atoms with Crippen LogP contribution < -0.4 is 0 Å². The van der Waals surface area contributed by atoms with E-state index in [1.165, 1.54) is 23.9 Å². The minimum atomic E-state index is -3.09. The minimum absolute atomic E-state index is 0.0412. The minimum Gasteiger partial charge on any atom is -0.346 e. The first-order chi connectivity index (χ1) is 11.9. The van der Waals surface area contributed by atoms with Crippen LogP contribution >= 0.6 is 11.8 Å². The van der Waals surface area contributed by atoms with Gasteiger partial charge in [0.25, 0.3) is 5.91 Å². The number of benzene rings is 1. The van der Waals surface area contributed by atoms with E-state index in [9.17, 15) is 17.6 Å². The second kappa shape index (κ2) is 7.14. The van der Waals surface area contributed by atoms with E-state index in [1.807, 2.05) is 4.90 Å². The molecule has 0 N–H and O–H groups in total. The third-order valence-corrected chi connectivity index (χ3v) is 7.43. The van der Waals surface area contributed by atoms with Crippen molar-refractivity contribution < 1.29 is 17.6 Å². The zero-order chi connectivity index (χ0) is 18.0. The Morgan fingerprint density at radius 1 is 1.36 bits per heavy atom. The summed E-state index contributed by atoms with van der Waals surface area (Å²) < 4.78 is 36.8. The number of carbonyl (C=O) groups is 1. The fourth-order valence-electron chi connectivity index (χ4n) is 3.01. The molecule has 2 fully saturated rings. The number of nitriles is 1. The van der Waals surface area contributed by atoms with Gasteiger partial charge in [-0.25, -0.2) is 12.8 Å². The second-order valence-electron chi connectivity index (χ2n) is 5.99. The fraction of sp³-hybridized carbons (Fsp3) is 0.438. The van der Waals surface area contributed by atoms with Gasteiger partial charge in [-0.1, -0.05) is 23.9 Å². The number of amidine groups is 1. The Morgan fingerprint density at radius 3 is 2.76 bits per heavy atom. The van der Waals surface area contributed by atoms with E-state index < -0.39 is 15.7 Å². The van der Waals surface area contributed by atoms with Gasteiger partial charge in [-0.15, -0.1) is 0 Å². The predicted octanol–water partition coefficient (Wildman–Crippen LogP) is 1.38. The molecule has 1 aromatic carbocycles. The molecule has 9 heteroatoms. The molecular formula is C16H16FN3O3S2. The molecule has 0 aliphatic carbocycles. The van der Waals surface area contributed by atoms with Crippen LogP contribution in [0.5, 0.6) is 0 Å². The van der Waals surface area contributed by atoms with E-state index in [0.29, 0.717) is 18.1 Å². The number of carbonyl (C=O) groups excluding carboxylic acids is 1. The normalized spacial score (nSPS) is 25.8. The lowest BCUT2D eigenvalue weighted by molar-refractivity contribution is -0.116. The Hall–Kier alpha value is -1.92. The Bertz CT molecular complexity index is 846. The molecule has 2 aliphatic heterocycles. The van der Waals surface area contributed by atoms with Gasteiger partial charge in [0, 0.05) is 11.8 Å². The van der Waals surface area contributed by atoms with Gasteiger partial charge in [0.1, 0.15) is 12.2 Å². The molecule has 0 aromatic heterocycles. The quantitative estimate of drug-likeness (QED) is 0.783. The fourth-order valence-corrected chi connectivity index (χ4v) is 7.01. The van der Waals surface area contributed by atoms with E-state index in [-0.39, 0.29) is 35.0 Å². The van der Waals surface area contributed by atoms with E-state index in [2.05, 4.69) is 4.99 Å². The molecule has 0 spiro atoms. The lowest BCUT2D eigenvalue weighted by Gasteiger charge is -2.24. The van der Waals surface area contributed by atoms with E-state index >= 15 is 0 Å². The van der Waals surface area contributed by atoms with Crippen LogP contribution in [-0.4, -0.2) is 53.7 Å². The van der Waals surface area contributed by atoms with Crippen molar-refractivity contribution >= 4 is 32.7 Å². The highest BCUT2D eigenvalue weighted by Crippen LogP contribution is 2.38. The number of rotatable bonds is 4. The molecule has 2 atom stereocenters. The smallest absolute Gasteiger partial charge is 0.262 e. The Labute approximate surface area is 149 Å². The van der Waals surface area contributed by atoms with Gasteiger partial charge in [0.15, 0.2) is 15.0 Å². The van der Waals surface area contributed by atoms with Crippen LogP contribution in [0.25, 0.3) is 0 Å². The lowest BCUT2D eigenvalue weighted by Crippen LogP contribution is -2.39. The van der Waals surface area contributed by atoms with Crippen molar-refractivity contribution in [2.45, 2.75) is 24.1 Å². The van der Waals surface area contributed by atoms with Gasteiger partial charge in [-0.05, 0) is 24.1 Å². The summed E-state index contributed by atoms with van der Waals surface area (Å²) in [5, 5.41) is 8.94. The summed E-state index contributed by atoms with van der Waals surface area (Å²) in [6.07, 6.45) is 0.277. The molecule has 0 bridgehead atoms. The van der Waals surface area contributed by atoms with E-state index in [1.54, 1.807) is 18.2 Å². The van der Waals surface area contributed by atoms with Gasteiger partial charge in [-0.2, -0.15) is 10.3 Å². The molecule has 1 aromatic rings. The van der Waals surface area contributed by atoms with Crippen molar-refractivity contribution in [3.05, 3.63) is 35.6 Å². The van der Waals surface area contributed by atoms with Crippen molar-refractivity contribution in [1.82, 2.24) is 4.90 Å². The van der Waals surface area contributed by atoms with Crippen LogP contribution in [0.4, 0.5) is 4.39 Å². The highest BCUT2D eigenvalue weighted by molar-refractivity contribution is 8.15. The maximum absolute atomic E-state index is 13.0. The van der Waals surface area contributed by atoms with Crippen molar-refractivity contribution in [2.24, 2.45) is 4.99 Å². The maximum atomic E-state index is 13.0. The van der Waals surface area contributed by atoms with Crippen molar-refractivity contribution in [3.63, 3.8) is 0 Å². The molecule has 2 heterocycles. The van der Waals surface area contributed by atoms with Crippen molar-refractivity contribution in [2.75, 3.05) is 18.1 Å². The number of hydrogen-bond acceptors (Lipinski definition) is 5. The average molecular weight is 381 g/mol. The summed E-state index contributed by atoms with van der Waals surface area (Å²) in [5.74, 6) is -0.730. The summed E-state index contributed by atoms with van der Waals surface area (Å²) in [6.45, 7) is 0.480. The highest BCUT2D eigenvalue weighted by atomic mass is 32.2. The van der Waals surface area contributed by atoms with Gasteiger partial charge in [0.2, 0.25) is 0 Å². The van der Waals surface area contributed by atoms with Gasteiger partial charge >= 0.3 is 0 Å². The van der Waals surface area contributed by atoms with Crippen LogP contribution in [0, 0.1) is 17.1 Å². The third-order valence-electron chi connectivity index (χ3n) is 4.18. The first-order valence-corrected chi connectivity index (χ1v) is 10.4. The van der Waals surface area contributed by atoms with Crippen LogP contribution in [0.2, 0.25) is 0 Å². The lowest BCUT2D eigenvalue weighted by atomic mass is 10.1. The zero-order valence-electron chi connectivity index (χ0n) is 13.3. The monoisotopic (exact) mass is 381 g/mol. The standard InChI is InChI=1S/C16H16FN3O3S2/c17-12-3-1-11(2-4-12)6-8-20-13-9-25(22,23)10-14(13)24-16(20)19-15(21)5-7-18/h1-4,13-14H,5-6,8-10H2/t13-,14+/m1/s1. The molecule has 132 valence electrons. The Balaban J connectivity index is 1.78. The number of fused-ring (bicyclic) bond motifs is 1. The number of sulfone groups is 1. The number of hydrogen-bond donors (Lipinski definition) is 0. The van der Waals surface area contributed by atoms with Crippen molar-refractivity contribution in [3.8, 4) is 6.07 Å². The van der Waals surface area contributed by atoms with E-state index in [0.717, 1.165) is 5.56 Å².